The summed E-state index contributed by atoms with van der Waals surface area (Å²) in [4.78, 5) is 4.21. The van der Waals surface area contributed by atoms with Crippen LogP contribution in [0.3, 0.4) is 0 Å². The summed E-state index contributed by atoms with van der Waals surface area (Å²) in [5.41, 5.74) is 3.56. The third kappa shape index (κ3) is 2.87. The lowest BCUT2D eigenvalue weighted by Crippen LogP contribution is -2.12. The lowest BCUT2D eigenvalue weighted by atomic mass is 10.0. The van der Waals surface area contributed by atoms with Crippen molar-refractivity contribution in [3.63, 3.8) is 0 Å². The zero-order valence-corrected chi connectivity index (χ0v) is 10.8. The molecule has 0 atom stereocenters. The minimum absolute atomic E-state index is 0.783. The molecule has 0 saturated carbocycles. The van der Waals surface area contributed by atoms with Gasteiger partial charge in [0.15, 0.2) is 0 Å². The van der Waals surface area contributed by atoms with Crippen LogP contribution in [0.1, 0.15) is 12.5 Å². The molecule has 3 nitrogen and oxygen atoms in total. The first-order valence-corrected chi connectivity index (χ1v) is 6.13. The van der Waals surface area contributed by atoms with Crippen molar-refractivity contribution in [2.45, 2.75) is 13.5 Å². The first-order chi connectivity index (χ1) is 8.85. The van der Waals surface area contributed by atoms with E-state index in [4.69, 9.17) is 4.74 Å². The first-order valence-electron chi connectivity index (χ1n) is 6.13. The molecule has 18 heavy (non-hydrogen) atoms. The van der Waals surface area contributed by atoms with Crippen LogP contribution in [0, 0.1) is 0 Å². The van der Waals surface area contributed by atoms with Crippen molar-refractivity contribution in [2.24, 2.45) is 0 Å². The van der Waals surface area contributed by atoms with E-state index < -0.39 is 0 Å². The van der Waals surface area contributed by atoms with Gasteiger partial charge in [0.2, 0.25) is 0 Å². The van der Waals surface area contributed by atoms with E-state index in [1.807, 2.05) is 18.3 Å². The van der Waals surface area contributed by atoms with E-state index in [-0.39, 0.29) is 0 Å². The standard InChI is InChI=1S/C15H18N2O/c1-3-16-9-12-6-4-5-7-15(12)13-8-14(18-2)11-17-10-13/h4-8,10-11,16H,3,9H2,1-2H3. The van der Waals surface area contributed by atoms with Gasteiger partial charge < -0.3 is 10.1 Å². The highest BCUT2D eigenvalue weighted by Crippen LogP contribution is 2.25. The molecule has 1 N–H and O–H groups in total. The Labute approximate surface area is 108 Å². The summed E-state index contributed by atoms with van der Waals surface area (Å²) in [5.74, 6) is 0.783. The number of nitrogens with one attached hydrogen (secondary N) is 1. The highest BCUT2D eigenvalue weighted by molar-refractivity contribution is 5.67. The Morgan fingerprint density at radius 3 is 2.83 bits per heavy atom. The highest BCUT2D eigenvalue weighted by Gasteiger charge is 2.05. The summed E-state index contributed by atoms with van der Waals surface area (Å²) in [6.45, 7) is 3.93. The van der Waals surface area contributed by atoms with Crippen LogP contribution >= 0.6 is 0 Å². The van der Waals surface area contributed by atoms with Gasteiger partial charge in [-0.05, 0) is 23.7 Å². The Balaban J connectivity index is 2.36. The lowest BCUT2D eigenvalue weighted by Gasteiger charge is -2.10. The Bertz CT molecular complexity index is 511. The molecular formula is C15H18N2O. The monoisotopic (exact) mass is 242 g/mol. The molecule has 0 aliphatic carbocycles. The van der Waals surface area contributed by atoms with Crippen LogP contribution in [-0.2, 0) is 6.54 Å². The van der Waals surface area contributed by atoms with Crippen molar-refractivity contribution in [1.29, 1.82) is 0 Å². The quantitative estimate of drug-likeness (QED) is 0.875. The summed E-state index contributed by atoms with van der Waals surface area (Å²) in [7, 11) is 1.66. The van der Waals surface area contributed by atoms with Crippen molar-refractivity contribution in [1.82, 2.24) is 10.3 Å². The molecular weight excluding hydrogens is 224 g/mol. The van der Waals surface area contributed by atoms with Gasteiger partial charge in [0.05, 0.1) is 13.3 Å². The summed E-state index contributed by atoms with van der Waals surface area (Å²) in [6.07, 6.45) is 3.59. The number of hydrogen-bond acceptors (Lipinski definition) is 3. The van der Waals surface area contributed by atoms with E-state index in [2.05, 4.69) is 35.4 Å². The Morgan fingerprint density at radius 1 is 1.22 bits per heavy atom. The molecule has 1 aromatic carbocycles. The summed E-state index contributed by atoms with van der Waals surface area (Å²) >= 11 is 0. The summed E-state index contributed by atoms with van der Waals surface area (Å²) < 4.78 is 5.22. The van der Waals surface area contributed by atoms with E-state index in [9.17, 15) is 0 Å². The molecule has 0 fully saturated rings. The normalized spacial score (nSPS) is 10.3. The van der Waals surface area contributed by atoms with E-state index in [0.717, 1.165) is 24.4 Å². The number of methoxy groups -OCH3 is 1. The van der Waals surface area contributed by atoms with Crippen molar-refractivity contribution in [3.8, 4) is 16.9 Å². The molecule has 0 unspecified atom stereocenters. The van der Waals surface area contributed by atoms with Crippen LogP contribution in [0.5, 0.6) is 5.75 Å². The average Bonchev–Trinajstić information content (AvgIpc) is 2.45. The number of nitrogens with zero attached hydrogens (tertiary/aromatic N) is 1. The van der Waals surface area contributed by atoms with E-state index in [0.29, 0.717) is 0 Å². The van der Waals surface area contributed by atoms with Crippen LogP contribution in [0.15, 0.2) is 42.7 Å². The largest absolute Gasteiger partial charge is 0.495 e. The second-order valence-corrected chi connectivity index (χ2v) is 4.05. The highest BCUT2D eigenvalue weighted by atomic mass is 16.5. The van der Waals surface area contributed by atoms with Crippen molar-refractivity contribution >= 4 is 0 Å². The van der Waals surface area contributed by atoms with Crippen LogP contribution in [0.2, 0.25) is 0 Å². The molecule has 0 aliphatic rings. The number of benzene rings is 1. The Hall–Kier alpha value is -1.87. The Kier molecular flexibility index (Phi) is 4.31. The first kappa shape index (κ1) is 12.6. The van der Waals surface area contributed by atoms with Crippen LogP contribution in [0.4, 0.5) is 0 Å². The zero-order valence-electron chi connectivity index (χ0n) is 10.8. The van der Waals surface area contributed by atoms with Gasteiger partial charge in [-0.25, -0.2) is 0 Å². The molecule has 3 heteroatoms. The molecule has 0 spiro atoms. The van der Waals surface area contributed by atoms with Crippen LogP contribution < -0.4 is 10.1 Å². The lowest BCUT2D eigenvalue weighted by molar-refractivity contribution is 0.413. The van der Waals surface area contributed by atoms with Gasteiger partial charge in [-0.1, -0.05) is 31.2 Å². The van der Waals surface area contributed by atoms with Gasteiger partial charge >= 0.3 is 0 Å². The molecule has 1 aromatic heterocycles. The number of aromatic nitrogens is 1. The fraction of sp³-hybridized carbons (Fsp3) is 0.267. The maximum atomic E-state index is 5.22. The molecule has 94 valence electrons. The zero-order chi connectivity index (χ0) is 12.8. The van der Waals surface area contributed by atoms with Gasteiger partial charge in [-0.15, -0.1) is 0 Å². The van der Waals surface area contributed by atoms with Crippen LogP contribution in [-0.4, -0.2) is 18.6 Å². The summed E-state index contributed by atoms with van der Waals surface area (Å²) in [6, 6.07) is 10.4. The minimum atomic E-state index is 0.783. The van der Waals surface area contributed by atoms with Crippen LogP contribution in [0.25, 0.3) is 11.1 Å². The second kappa shape index (κ2) is 6.17. The van der Waals surface area contributed by atoms with Gasteiger partial charge in [-0.2, -0.15) is 0 Å². The third-order valence-electron chi connectivity index (χ3n) is 2.84. The molecule has 0 amide bonds. The molecule has 0 aliphatic heterocycles. The fourth-order valence-electron chi connectivity index (χ4n) is 1.89. The third-order valence-corrected chi connectivity index (χ3v) is 2.84. The average molecular weight is 242 g/mol. The van der Waals surface area contributed by atoms with E-state index in [1.54, 1.807) is 13.3 Å². The van der Waals surface area contributed by atoms with Crippen molar-refractivity contribution in [2.75, 3.05) is 13.7 Å². The van der Waals surface area contributed by atoms with Gasteiger partial charge in [0.25, 0.3) is 0 Å². The SMILES string of the molecule is CCNCc1ccccc1-c1cncc(OC)c1. The van der Waals surface area contributed by atoms with Gasteiger partial charge in [-0.3, -0.25) is 4.98 Å². The second-order valence-electron chi connectivity index (χ2n) is 4.05. The molecule has 0 radical (unpaired) electrons. The smallest absolute Gasteiger partial charge is 0.137 e. The van der Waals surface area contributed by atoms with Gasteiger partial charge in [0.1, 0.15) is 5.75 Å². The number of pyridine rings is 1. The number of hydrogen-bond donors (Lipinski definition) is 1. The topological polar surface area (TPSA) is 34.2 Å². The molecule has 2 rings (SSSR count). The van der Waals surface area contributed by atoms with Gasteiger partial charge in [0, 0.05) is 18.3 Å². The Morgan fingerprint density at radius 2 is 2.06 bits per heavy atom. The number of ether oxygens (including phenoxy) is 1. The summed E-state index contributed by atoms with van der Waals surface area (Å²) in [5, 5.41) is 3.35. The van der Waals surface area contributed by atoms with Crippen molar-refractivity contribution < 1.29 is 4.74 Å². The predicted molar refractivity (Wildman–Crippen MR) is 73.6 cm³/mol. The number of rotatable bonds is 5. The maximum absolute atomic E-state index is 5.22. The fourth-order valence-corrected chi connectivity index (χ4v) is 1.89. The minimum Gasteiger partial charge on any atom is -0.495 e. The maximum Gasteiger partial charge on any atom is 0.137 e. The predicted octanol–water partition coefficient (Wildman–Crippen LogP) is 2.87. The molecule has 2 aromatic rings. The van der Waals surface area contributed by atoms with E-state index in [1.165, 1.54) is 11.1 Å². The molecule has 0 bridgehead atoms. The van der Waals surface area contributed by atoms with E-state index >= 15 is 0 Å². The molecule has 0 saturated heterocycles. The molecule has 1 heterocycles. The van der Waals surface area contributed by atoms with Crippen molar-refractivity contribution in [3.05, 3.63) is 48.3 Å².